The van der Waals surface area contributed by atoms with E-state index in [2.05, 4.69) is 25.3 Å². The van der Waals surface area contributed by atoms with Crippen LogP contribution in [0.5, 0.6) is 0 Å². The fraction of sp³-hybridized carbons (Fsp3) is 0.750. The van der Waals surface area contributed by atoms with Crippen LogP contribution in [0.1, 0.15) is 32.1 Å². The lowest BCUT2D eigenvalue weighted by Crippen LogP contribution is -2.37. The molecule has 2 aromatic heterocycles. The lowest BCUT2D eigenvalue weighted by molar-refractivity contribution is -0.00219. The van der Waals surface area contributed by atoms with Gasteiger partial charge >= 0.3 is 0 Å². The maximum Gasteiger partial charge on any atom is 0.224 e. The monoisotopic (exact) mass is 346 g/mol. The Morgan fingerprint density at radius 1 is 1.29 bits per heavy atom. The summed E-state index contributed by atoms with van der Waals surface area (Å²) >= 11 is 1.55. The third-order valence-electron chi connectivity index (χ3n) is 6.16. The summed E-state index contributed by atoms with van der Waals surface area (Å²) in [6.07, 6.45) is 6.44. The molecule has 128 valence electrons. The highest BCUT2D eigenvalue weighted by molar-refractivity contribution is 7.07. The molecule has 5 rings (SSSR count). The Labute approximate surface area is 145 Å². The summed E-state index contributed by atoms with van der Waals surface area (Å²) in [7, 11) is 0. The summed E-state index contributed by atoms with van der Waals surface area (Å²) in [5.41, 5.74) is 3.07. The van der Waals surface area contributed by atoms with Gasteiger partial charge in [-0.2, -0.15) is 0 Å². The summed E-state index contributed by atoms with van der Waals surface area (Å²) in [5.74, 6) is 1.45. The van der Waals surface area contributed by atoms with Gasteiger partial charge in [-0.15, -0.1) is 26.3 Å². The number of tetrazole rings is 1. The van der Waals surface area contributed by atoms with Crippen LogP contribution in [-0.4, -0.2) is 55.9 Å². The van der Waals surface area contributed by atoms with Crippen LogP contribution in [0.15, 0.2) is 10.9 Å². The molecule has 7 nitrogen and oxygen atoms in total. The highest BCUT2D eigenvalue weighted by Gasteiger charge is 2.54. The summed E-state index contributed by atoms with van der Waals surface area (Å²) in [6.45, 7) is 3.74. The summed E-state index contributed by atoms with van der Waals surface area (Å²) in [4.78, 5) is 8.60. The van der Waals surface area contributed by atoms with Gasteiger partial charge in [-0.1, -0.05) is 6.42 Å². The first kappa shape index (κ1) is 14.9. The molecule has 0 aromatic carbocycles. The maximum atomic E-state index is 5.64. The summed E-state index contributed by atoms with van der Waals surface area (Å²) in [5, 5.41) is 14.9. The molecule has 3 fully saturated rings. The van der Waals surface area contributed by atoms with E-state index >= 15 is 0 Å². The van der Waals surface area contributed by atoms with Gasteiger partial charge in [0.2, 0.25) is 5.82 Å². The van der Waals surface area contributed by atoms with Crippen LogP contribution in [0, 0.1) is 11.3 Å². The van der Waals surface area contributed by atoms with Crippen molar-refractivity contribution in [3.8, 4) is 11.5 Å². The van der Waals surface area contributed by atoms with Gasteiger partial charge in [0.25, 0.3) is 0 Å². The molecule has 2 saturated heterocycles. The second-order valence-electron chi connectivity index (χ2n) is 7.33. The lowest BCUT2D eigenvalue weighted by atomic mass is 9.71. The van der Waals surface area contributed by atoms with Crippen LogP contribution in [0.3, 0.4) is 0 Å². The first-order valence-corrected chi connectivity index (χ1v) is 9.77. The van der Waals surface area contributed by atoms with Crippen molar-refractivity contribution in [2.75, 3.05) is 19.8 Å². The van der Waals surface area contributed by atoms with Crippen LogP contribution in [0.2, 0.25) is 0 Å². The zero-order valence-electron chi connectivity index (χ0n) is 13.7. The van der Waals surface area contributed by atoms with Gasteiger partial charge < -0.3 is 4.74 Å². The average molecular weight is 346 g/mol. The molecule has 0 N–H and O–H groups in total. The van der Waals surface area contributed by atoms with Gasteiger partial charge in [0, 0.05) is 31.2 Å². The van der Waals surface area contributed by atoms with Crippen molar-refractivity contribution in [2.45, 2.75) is 44.8 Å². The van der Waals surface area contributed by atoms with E-state index in [0.29, 0.717) is 17.3 Å². The average Bonchev–Trinajstić information content (AvgIpc) is 3.36. The molecule has 0 radical (unpaired) electrons. The zero-order valence-corrected chi connectivity index (χ0v) is 14.5. The Kier molecular flexibility index (Phi) is 3.64. The van der Waals surface area contributed by atoms with Crippen LogP contribution >= 0.6 is 11.3 Å². The Hall–Kier alpha value is -1.38. The standard InChI is InChI=1S/C16H22N6OS/c1-2-12-14(3-1)21(9-16(12)4-6-23-7-5-16)11-22-19-15(18-20-22)13-8-24-10-17-13/h8,10,12,14H,1-7,9,11H2/t12-,14+/m1/s1. The molecule has 2 aliphatic heterocycles. The molecule has 0 bridgehead atoms. The number of hydrogen-bond acceptors (Lipinski definition) is 7. The van der Waals surface area contributed by atoms with Gasteiger partial charge in [0.05, 0.1) is 5.51 Å². The third-order valence-corrected chi connectivity index (χ3v) is 6.75. The van der Waals surface area contributed by atoms with E-state index in [1.165, 1.54) is 32.1 Å². The van der Waals surface area contributed by atoms with Crippen molar-refractivity contribution in [3.05, 3.63) is 10.9 Å². The Balaban J connectivity index is 1.35. The normalized spacial score (nSPS) is 29.3. The van der Waals surface area contributed by atoms with E-state index in [0.717, 1.165) is 38.0 Å². The molecule has 24 heavy (non-hydrogen) atoms. The second-order valence-corrected chi connectivity index (χ2v) is 8.05. The van der Waals surface area contributed by atoms with Gasteiger partial charge in [0.15, 0.2) is 0 Å². The predicted octanol–water partition coefficient (Wildman–Crippen LogP) is 2.04. The van der Waals surface area contributed by atoms with E-state index in [1.54, 1.807) is 21.6 Å². The van der Waals surface area contributed by atoms with Crippen molar-refractivity contribution < 1.29 is 4.74 Å². The topological polar surface area (TPSA) is 69.0 Å². The number of hydrogen-bond donors (Lipinski definition) is 0. The van der Waals surface area contributed by atoms with E-state index in [4.69, 9.17) is 4.74 Å². The van der Waals surface area contributed by atoms with Crippen LogP contribution in [0.25, 0.3) is 11.5 Å². The molecule has 1 saturated carbocycles. The van der Waals surface area contributed by atoms with Gasteiger partial charge in [0.1, 0.15) is 12.4 Å². The van der Waals surface area contributed by atoms with Gasteiger partial charge in [-0.25, -0.2) is 4.98 Å². The minimum absolute atomic E-state index is 0.456. The van der Waals surface area contributed by atoms with Crippen molar-refractivity contribution >= 4 is 11.3 Å². The fourth-order valence-corrected chi connectivity index (χ4v) is 5.61. The Bertz CT molecular complexity index is 695. The van der Waals surface area contributed by atoms with E-state index in [-0.39, 0.29) is 0 Å². The molecule has 2 aromatic rings. The van der Waals surface area contributed by atoms with Crippen LogP contribution < -0.4 is 0 Å². The molecule has 2 atom stereocenters. The number of nitrogens with zero attached hydrogens (tertiary/aromatic N) is 6. The number of rotatable bonds is 3. The van der Waals surface area contributed by atoms with E-state index in [9.17, 15) is 0 Å². The molecule has 0 unspecified atom stereocenters. The van der Waals surface area contributed by atoms with E-state index in [1.807, 2.05) is 5.38 Å². The zero-order chi connectivity index (χ0) is 16.0. The van der Waals surface area contributed by atoms with Crippen molar-refractivity contribution in [1.29, 1.82) is 0 Å². The number of ether oxygens (including phenoxy) is 1. The molecular weight excluding hydrogens is 324 g/mol. The minimum Gasteiger partial charge on any atom is -0.381 e. The number of aromatic nitrogens is 5. The molecule has 1 spiro atoms. The third kappa shape index (κ3) is 2.39. The molecule has 1 aliphatic carbocycles. The summed E-state index contributed by atoms with van der Waals surface area (Å²) in [6, 6.07) is 0.678. The first-order chi connectivity index (χ1) is 11.8. The SMILES string of the molecule is c1nc(-c2nnn(CN3CC4(CCOCC4)[C@@H]4CCC[C@@H]43)n2)cs1. The van der Waals surface area contributed by atoms with Crippen molar-refractivity contribution in [1.82, 2.24) is 30.1 Å². The first-order valence-electron chi connectivity index (χ1n) is 8.82. The number of fused-ring (bicyclic) bond motifs is 2. The number of likely N-dealkylation sites (tertiary alicyclic amines) is 1. The highest BCUT2D eigenvalue weighted by atomic mass is 32.1. The quantitative estimate of drug-likeness (QED) is 0.847. The van der Waals surface area contributed by atoms with Gasteiger partial charge in [-0.05, 0) is 42.2 Å². The van der Waals surface area contributed by atoms with Crippen molar-refractivity contribution in [2.24, 2.45) is 11.3 Å². The molecule has 4 heterocycles. The maximum absolute atomic E-state index is 5.64. The molecular formula is C16H22N6OS. The molecule has 8 heteroatoms. The van der Waals surface area contributed by atoms with Gasteiger partial charge in [-0.3, -0.25) is 4.90 Å². The minimum atomic E-state index is 0.456. The predicted molar refractivity (Wildman–Crippen MR) is 89.2 cm³/mol. The fourth-order valence-electron chi connectivity index (χ4n) is 5.08. The summed E-state index contributed by atoms with van der Waals surface area (Å²) < 4.78 is 5.64. The Morgan fingerprint density at radius 2 is 2.21 bits per heavy atom. The van der Waals surface area contributed by atoms with Crippen LogP contribution in [0.4, 0.5) is 0 Å². The largest absolute Gasteiger partial charge is 0.381 e. The highest BCUT2D eigenvalue weighted by Crippen LogP contribution is 2.53. The second kappa shape index (κ2) is 5.86. The number of thiazole rings is 1. The smallest absolute Gasteiger partial charge is 0.224 e. The lowest BCUT2D eigenvalue weighted by Gasteiger charge is -2.37. The Morgan fingerprint density at radius 3 is 3.04 bits per heavy atom. The molecule has 0 amide bonds. The van der Waals surface area contributed by atoms with E-state index < -0.39 is 0 Å². The van der Waals surface area contributed by atoms with Crippen LogP contribution in [-0.2, 0) is 11.4 Å². The molecule has 3 aliphatic rings. The van der Waals surface area contributed by atoms with Crippen molar-refractivity contribution in [3.63, 3.8) is 0 Å².